The largest absolute Gasteiger partial charge is 0.422 e. The Hall–Kier alpha value is -3.21. The number of H-pyrrole nitrogens is 1. The molecule has 29 heavy (non-hydrogen) atoms. The molecule has 2 heterocycles. The zero-order valence-electron chi connectivity index (χ0n) is 15.0. The van der Waals surface area contributed by atoms with Crippen LogP contribution in [0.1, 0.15) is 0 Å². The smallest absolute Gasteiger partial charge is 0.347 e. The number of benzene rings is 3. The first-order valence-corrected chi connectivity index (χ1v) is 9.72. The van der Waals surface area contributed by atoms with E-state index in [4.69, 9.17) is 27.6 Å². The maximum absolute atomic E-state index is 12.9. The Labute approximate surface area is 175 Å². The zero-order valence-corrected chi connectivity index (χ0v) is 16.5. The van der Waals surface area contributed by atoms with Gasteiger partial charge in [-0.1, -0.05) is 65.7 Å². The molecule has 4 nitrogen and oxygen atoms in total. The lowest BCUT2D eigenvalue weighted by molar-refractivity contribution is 0.570. The van der Waals surface area contributed by atoms with Gasteiger partial charge in [0.05, 0.1) is 27.6 Å². The Morgan fingerprint density at radius 2 is 1.66 bits per heavy atom. The van der Waals surface area contributed by atoms with Crippen molar-refractivity contribution in [2.75, 3.05) is 5.32 Å². The fourth-order valence-electron chi connectivity index (χ4n) is 3.49. The number of aromatic amines is 1. The summed E-state index contributed by atoms with van der Waals surface area (Å²) >= 11 is 12.4. The molecule has 0 saturated heterocycles. The second-order valence-corrected chi connectivity index (χ2v) is 7.47. The maximum Gasteiger partial charge on any atom is 0.347 e. The summed E-state index contributed by atoms with van der Waals surface area (Å²) in [5.74, 6) is 0. The van der Waals surface area contributed by atoms with E-state index in [1.807, 2.05) is 48.5 Å². The van der Waals surface area contributed by atoms with Crippen molar-refractivity contribution in [3.63, 3.8) is 0 Å². The molecule has 0 aliphatic rings. The highest BCUT2D eigenvalue weighted by Gasteiger charge is 2.20. The molecule has 5 aromatic rings. The van der Waals surface area contributed by atoms with Crippen LogP contribution in [-0.4, -0.2) is 4.98 Å². The number of hydrogen-bond acceptors (Lipinski definition) is 3. The van der Waals surface area contributed by atoms with Crippen molar-refractivity contribution < 1.29 is 4.42 Å². The minimum atomic E-state index is -0.426. The quantitative estimate of drug-likeness (QED) is 0.309. The van der Waals surface area contributed by atoms with Gasteiger partial charge >= 0.3 is 5.63 Å². The molecule has 0 unspecified atom stereocenters. The molecule has 0 spiro atoms. The average Bonchev–Trinajstić information content (AvgIpc) is 3.11. The predicted octanol–water partition coefficient (Wildman–Crippen LogP) is 6.99. The minimum absolute atomic E-state index is 0.426. The first-order chi connectivity index (χ1) is 14.1. The SMILES string of the molecule is O=c1oc2ccccc2c2[nH]c(-c3ccccc3)c(Nc3ccc(Cl)cc3Cl)c12. The summed E-state index contributed by atoms with van der Waals surface area (Å²) in [4.78, 5) is 16.3. The summed E-state index contributed by atoms with van der Waals surface area (Å²) in [5.41, 5.74) is 3.77. The summed E-state index contributed by atoms with van der Waals surface area (Å²) in [6, 6.07) is 22.4. The third-order valence-corrected chi connectivity index (χ3v) is 5.36. The standard InChI is InChI=1S/C23H14Cl2N2O2/c24-14-10-11-17(16(25)12-14)26-22-19-21(27-20(22)13-6-2-1-3-7-13)15-8-4-5-9-18(15)29-23(19)28/h1-12,26-27H. The fourth-order valence-corrected chi connectivity index (χ4v) is 3.95. The van der Waals surface area contributed by atoms with E-state index in [9.17, 15) is 4.79 Å². The number of halogens is 2. The van der Waals surface area contributed by atoms with Crippen LogP contribution in [0.4, 0.5) is 11.4 Å². The highest BCUT2D eigenvalue weighted by Crippen LogP contribution is 2.39. The van der Waals surface area contributed by atoms with Crippen molar-refractivity contribution in [3.8, 4) is 11.3 Å². The van der Waals surface area contributed by atoms with E-state index in [0.717, 1.165) is 16.6 Å². The Morgan fingerprint density at radius 3 is 2.45 bits per heavy atom. The van der Waals surface area contributed by atoms with E-state index in [2.05, 4.69) is 10.3 Å². The molecular weight excluding hydrogens is 407 g/mol. The van der Waals surface area contributed by atoms with Gasteiger partial charge in [-0.2, -0.15) is 0 Å². The van der Waals surface area contributed by atoms with Crippen molar-refractivity contribution >= 4 is 56.4 Å². The number of anilines is 2. The van der Waals surface area contributed by atoms with Crippen LogP contribution in [0, 0.1) is 0 Å². The number of rotatable bonds is 3. The summed E-state index contributed by atoms with van der Waals surface area (Å²) < 4.78 is 5.58. The zero-order chi connectivity index (χ0) is 20.0. The molecule has 0 aliphatic carbocycles. The van der Waals surface area contributed by atoms with Gasteiger partial charge in [-0.25, -0.2) is 4.79 Å². The van der Waals surface area contributed by atoms with Crippen LogP contribution in [0.3, 0.4) is 0 Å². The molecule has 3 aromatic carbocycles. The van der Waals surface area contributed by atoms with Crippen LogP contribution >= 0.6 is 23.2 Å². The van der Waals surface area contributed by atoms with Gasteiger partial charge in [0.2, 0.25) is 0 Å². The topological polar surface area (TPSA) is 58.0 Å². The third kappa shape index (κ3) is 3.07. The summed E-state index contributed by atoms with van der Waals surface area (Å²) in [7, 11) is 0. The number of fused-ring (bicyclic) bond motifs is 3. The van der Waals surface area contributed by atoms with Gasteiger partial charge in [0.25, 0.3) is 0 Å². The van der Waals surface area contributed by atoms with E-state index >= 15 is 0 Å². The van der Waals surface area contributed by atoms with Gasteiger partial charge in [-0.15, -0.1) is 0 Å². The molecular formula is C23H14Cl2N2O2. The Morgan fingerprint density at radius 1 is 0.897 bits per heavy atom. The maximum atomic E-state index is 12.9. The number of para-hydroxylation sites is 1. The van der Waals surface area contributed by atoms with Crippen LogP contribution in [0.15, 0.2) is 82.0 Å². The fraction of sp³-hybridized carbons (Fsp3) is 0. The van der Waals surface area contributed by atoms with Crippen molar-refractivity contribution in [3.05, 3.63) is 93.3 Å². The average molecular weight is 421 g/mol. The molecule has 2 N–H and O–H groups in total. The second kappa shape index (κ2) is 6.99. The first kappa shape index (κ1) is 17.9. The van der Waals surface area contributed by atoms with E-state index in [-0.39, 0.29) is 0 Å². The van der Waals surface area contributed by atoms with Gasteiger partial charge in [-0.3, -0.25) is 0 Å². The Balaban J connectivity index is 1.84. The lowest BCUT2D eigenvalue weighted by Crippen LogP contribution is -2.02. The highest BCUT2D eigenvalue weighted by atomic mass is 35.5. The monoisotopic (exact) mass is 420 g/mol. The molecule has 5 rings (SSSR count). The molecule has 142 valence electrons. The van der Waals surface area contributed by atoms with E-state index in [0.29, 0.717) is 37.9 Å². The van der Waals surface area contributed by atoms with Crippen LogP contribution < -0.4 is 10.9 Å². The van der Waals surface area contributed by atoms with Crippen LogP contribution in [-0.2, 0) is 0 Å². The van der Waals surface area contributed by atoms with Gasteiger partial charge < -0.3 is 14.7 Å². The second-order valence-electron chi connectivity index (χ2n) is 6.63. The van der Waals surface area contributed by atoms with Crippen LogP contribution in [0.2, 0.25) is 10.0 Å². The third-order valence-electron chi connectivity index (χ3n) is 4.82. The van der Waals surface area contributed by atoms with Crippen LogP contribution in [0.5, 0.6) is 0 Å². The predicted molar refractivity (Wildman–Crippen MR) is 120 cm³/mol. The van der Waals surface area contributed by atoms with E-state index < -0.39 is 5.63 Å². The number of hydrogen-bond donors (Lipinski definition) is 2. The van der Waals surface area contributed by atoms with Gasteiger partial charge in [0.15, 0.2) is 0 Å². The molecule has 0 aliphatic heterocycles. The molecule has 6 heteroatoms. The van der Waals surface area contributed by atoms with Gasteiger partial charge in [0.1, 0.15) is 11.0 Å². The Kier molecular flexibility index (Phi) is 4.31. The van der Waals surface area contributed by atoms with Crippen molar-refractivity contribution in [2.45, 2.75) is 0 Å². The number of aromatic nitrogens is 1. The lowest BCUT2D eigenvalue weighted by atomic mass is 10.1. The van der Waals surface area contributed by atoms with Crippen molar-refractivity contribution in [2.24, 2.45) is 0 Å². The molecule has 0 saturated carbocycles. The summed E-state index contributed by atoms with van der Waals surface area (Å²) in [6.07, 6.45) is 0. The molecule has 0 amide bonds. The van der Waals surface area contributed by atoms with Crippen molar-refractivity contribution in [1.82, 2.24) is 4.98 Å². The highest BCUT2D eigenvalue weighted by molar-refractivity contribution is 6.36. The van der Waals surface area contributed by atoms with Gasteiger partial charge in [0, 0.05) is 16.0 Å². The summed E-state index contributed by atoms with van der Waals surface area (Å²) in [6.45, 7) is 0. The molecule has 0 bridgehead atoms. The minimum Gasteiger partial charge on any atom is -0.422 e. The molecule has 0 fully saturated rings. The first-order valence-electron chi connectivity index (χ1n) is 8.97. The molecule has 0 atom stereocenters. The Bertz CT molecular complexity index is 1420. The molecule has 2 aromatic heterocycles. The van der Waals surface area contributed by atoms with Gasteiger partial charge in [-0.05, 0) is 30.3 Å². The van der Waals surface area contributed by atoms with E-state index in [1.54, 1.807) is 24.3 Å². The lowest BCUT2D eigenvalue weighted by Gasteiger charge is -2.10. The number of nitrogens with one attached hydrogen (secondary N) is 2. The van der Waals surface area contributed by atoms with E-state index in [1.165, 1.54) is 0 Å². The summed E-state index contributed by atoms with van der Waals surface area (Å²) in [5, 5.41) is 5.57. The van der Waals surface area contributed by atoms with Crippen molar-refractivity contribution in [1.29, 1.82) is 0 Å². The molecule has 0 radical (unpaired) electrons. The van der Waals surface area contributed by atoms with Crippen LogP contribution in [0.25, 0.3) is 33.1 Å². The normalized spacial score (nSPS) is 11.2.